The summed E-state index contributed by atoms with van der Waals surface area (Å²) in [6.45, 7) is 8.60. The number of sulfonamides is 1. The quantitative estimate of drug-likeness (QED) is 0.753. The Labute approximate surface area is 170 Å². The lowest BCUT2D eigenvalue weighted by Gasteiger charge is -2.37. The van der Waals surface area contributed by atoms with Gasteiger partial charge in [0.25, 0.3) is 0 Å². The molecule has 1 aliphatic rings. The van der Waals surface area contributed by atoms with Crippen molar-refractivity contribution in [1.29, 1.82) is 0 Å². The van der Waals surface area contributed by atoms with Crippen LogP contribution in [0, 0.1) is 0 Å². The van der Waals surface area contributed by atoms with Crippen LogP contribution in [0.1, 0.15) is 44.7 Å². The summed E-state index contributed by atoms with van der Waals surface area (Å²) < 4.78 is 28.9. The summed E-state index contributed by atoms with van der Waals surface area (Å²) in [4.78, 5) is 2.61. The molecule has 2 aromatic rings. The predicted octanol–water partition coefficient (Wildman–Crippen LogP) is 4.27. The standard InChI is InChI=1S/C23H32N2O2S/c1-23(2,3)20-12-14-22(15-13-20)28(26,27)25(17-19-9-6-5-7-10-19)21-11-8-16-24(4)18-21/h5-7,9-10,12-15,21H,8,11,16-18H2,1-4H3. The van der Waals surface area contributed by atoms with Gasteiger partial charge in [0.1, 0.15) is 0 Å². The highest BCUT2D eigenvalue weighted by atomic mass is 32.2. The molecule has 0 spiro atoms. The zero-order chi connectivity index (χ0) is 20.4. The van der Waals surface area contributed by atoms with Crippen molar-refractivity contribution in [2.24, 2.45) is 0 Å². The highest BCUT2D eigenvalue weighted by Crippen LogP contribution is 2.28. The fourth-order valence-corrected chi connectivity index (χ4v) is 5.44. The van der Waals surface area contributed by atoms with Crippen molar-refractivity contribution in [3.05, 3.63) is 65.7 Å². The van der Waals surface area contributed by atoms with E-state index in [0.29, 0.717) is 11.4 Å². The monoisotopic (exact) mass is 400 g/mol. The van der Waals surface area contributed by atoms with Crippen molar-refractivity contribution in [2.45, 2.75) is 56.5 Å². The molecule has 1 saturated heterocycles. The predicted molar refractivity (Wildman–Crippen MR) is 115 cm³/mol. The fraction of sp³-hybridized carbons (Fsp3) is 0.478. The molecular formula is C23H32N2O2S. The highest BCUT2D eigenvalue weighted by molar-refractivity contribution is 7.89. The summed E-state index contributed by atoms with van der Waals surface area (Å²) in [5, 5.41) is 0. The maximum absolute atomic E-state index is 13.6. The van der Waals surface area contributed by atoms with Gasteiger partial charge >= 0.3 is 0 Å². The van der Waals surface area contributed by atoms with Crippen molar-refractivity contribution in [3.63, 3.8) is 0 Å². The summed E-state index contributed by atoms with van der Waals surface area (Å²) >= 11 is 0. The smallest absolute Gasteiger partial charge is 0.243 e. The van der Waals surface area contributed by atoms with Crippen LogP contribution in [0.25, 0.3) is 0 Å². The average molecular weight is 401 g/mol. The molecule has 1 aliphatic heterocycles. The molecule has 152 valence electrons. The summed E-state index contributed by atoms with van der Waals surface area (Å²) in [5.41, 5.74) is 2.15. The van der Waals surface area contributed by atoms with Crippen LogP contribution in [0.15, 0.2) is 59.5 Å². The number of hydrogen-bond acceptors (Lipinski definition) is 3. The Kier molecular flexibility index (Phi) is 6.28. The first-order valence-electron chi connectivity index (χ1n) is 10.0. The summed E-state index contributed by atoms with van der Waals surface area (Å²) in [5.74, 6) is 0. The number of piperidine rings is 1. The first-order chi connectivity index (χ1) is 13.2. The Morgan fingerprint density at radius 3 is 2.25 bits per heavy atom. The van der Waals surface area contributed by atoms with Crippen LogP contribution in [0.5, 0.6) is 0 Å². The van der Waals surface area contributed by atoms with Crippen molar-refractivity contribution in [2.75, 3.05) is 20.1 Å². The molecule has 5 heteroatoms. The van der Waals surface area contributed by atoms with E-state index >= 15 is 0 Å². The van der Waals surface area contributed by atoms with Gasteiger partial charge in [0.05, 0.1) is 4.90 Å². The number of rotatable bonds is 5. The van der Waals surface area contributed by atoms with E-state index in [2.05, 4.69) is 32.7 Å². The normalized spacial score (nSPS) is 19.1. The van der Waals surface area contributed by atoms with E-state index in [0.717, 1.165) is 37.1 Å². The number of likely N-dealkylation sites (tertiary alicyclic amines) is 1. The third-order valence-corrected chi connectivity index (χ3v) is 7.43. The minimum Gasteiger partial charge on any atom is -0.305 e. The molecule has 1 unspecified atom stereocenters. The van der Waals surface area contributed by atoms with E-state index in [1.54, 1.807) is 16.4 Å². The van der Waals surface area contributed by atoms with Crippen LogP contribution in [0.3, 0.4) is 0 Å². The lowest BCUT2D eigenvalue weighted by molar-refractivity contribution is 0.169. The van der Waals surface area contributed by atoms with Crippen LogP contribution in [0.4, 0.5) is 0 Å². The van der Waals surface area contributed by atoms with Crippen LogP contribution in [-0.4, -0.2) is 43.8 Å². The second-order valence-electron chi connectivity index (χ2n) is 8.87. The Morgan fingerprint density at radius 2 is 1.68 bits per heavy atom. The number of hydrogen-bond donors (Lipinski definition) is 0. The van der Waals surface area contributed by atoms with Crippen LogP contribution in [0.2, 0.25) is 0 Å². The van der Waals surface area contributed by atoms with Crippen molar-refractivity contribution >= 4 is 10.0 Å². The molecule has 4 nitrogen and oxygen atoms in total. The summed E-state index contributed by atoms with van der Waals surface area (Å²) in [6, 6.07) is 17.3. The van der Waals surface area contributed by atoms with Gasteiger partial charge < -0.3 is 4.90 Å². The Bertz CT molecular complexity index is 871. The van der Waals surface area contributed by atoms with E-state index in [4.69, 9.17) is 0 Å². The molecule has 1 atom stereocenters. The Morgan fingerprint density at radius 1 is 1.04 bits per heavy atom. The highest BCUT2D eigenvalue weighted by Gasteiger charge is 2.34. The second-order valence-corrected chi connectivity index (χ2v) is 10.8. The van der Waals surface area contributed by atoms with E-state index in [1.807, 2.05) is 42.5 Å². The molecule has 1 fully saturated rings. The van der Waals surface area contributed by atoms with Gasteiger partial charge in [-0.15, -0.1) is 0 Å². The zero-order valence-electron chi connectivity index (χ0n) is 17.4. The third-order valence-electron chi connectivity index (χ3n) is 5.52. The number of benzene rings is 2. The van der Waals surface area contributed by atoms with Gasteiger partial charge in [0.2, 0.25) is 10.0 Å². The van der Waals surface area contributed by atoms with Gasteiger partial charge in [-0.25, -0.2) is 8.42 Å². The van der Waals surface area contributed by atoms with Gasteiger partial charge in [0.15, 0.2) is 0 Å². The molecule has 2 aromatic carbocycles. The third kappa shape index (κ3) is 4.83. The topological polar surface area (TPSA) is 40.6 Å². The van der Waals surface area contributed by atoms with Gasteiger partial charge in [0, 0.05) is 19.1 Å². The van der Waals surface area contributed by atoms with Gasteiger partial charge in [-0.1, -0.05) is 63.2 Å². The molecule has 0 aromatic heterocycles. The molecule has 0 aliphatic carbocycles. The molecule has 0 N–H and O–H groups in total. The van der Waals surface area contributed by atoms with Crippen LogP contribution >= 0.6 is 0 Å². The summed E-state index contributed by atoms with van der Waals surface area (Å²) in [6.07, 6.45) is 1.92. The maximum Gasteiger partial charge on any atom is 0.243 e. The lowest BCUT2D eigenvalue weighted by Crippen LogP contribution is -2.48. The van der Waals surface area contributed by atoms with E-state index in [9.17, 15) is 8.42 Å². The molecule has 1 heterocycles. The zero-order valence-corrected chi connectivity index (χ0v) is 18.2. The molecule has 28 heavy (non-hydrogen) atoms. The van der Waals surface area contributed by atoms with Gasteiger partial charge in [-0.05, 0) is 55.1 Å². The van der Waals surface area contributed by atoms with Gasteiger partial charge in [-0.2, -0.15) is 4.31 Å². The van der Waals surface area contributed by atoms with Crippen LogP contribution in [-0.2, 0) is 22.0 Å². The van der Waals surface area contributed by atoms with E-state index in [-0.39, 0.29) is 11.5 Å². The molecule has 0 radical (unpaired) electrons. The largest absolute Gasteiger partial charge is 0.305 e. The van der Waals surface area contributed by atoms with Crippen molar-refractivity contribution in [3.8, 4) is 0 Å². The molecule has 3 rings (SSSR count). The van der Waals surface area contributed by atoms with E-state index < -0.39 is 10.0 Å². The molecule has 0 amide bonds. The van der Waals surface area contributed by atoms with Crippen LogP contribution < -0.4 is 0 Å². The SMILES string of the molecule is CN1CCCC(N(Cc2ccccc2)S(=O)(=O)c2ccc(C(C)(C)C)cc2)C1. The maximum atomic E-state index is 13.6. The first-order valence-corrected chi connectivity index (χ1v) is 11.5. The lowest BCUT2D eigenvalue weighted by atomic mass is 9.87. The minimum absolute atomic E-state index is 0.00189. The summed E-state index contributed by atoms with van der Waals surface area (Å²) in [7, 11) is -1.51. The number of nitrogens with zero attached hydrogens (tertiary/aromatic N) is 2. The first kappa shape index (κ1) is 21.0. The minimum atomic E-state index is -3.58. The Balaban J connectivity index is 1.95. The van der Waals surface area contributed by atoms with Gasteiger partial charge in [-0.3, -0.25) is 0 Å². The average Bonchev–Trinajstić information content (AvgIpc) is 2.66. The molecule has 0 saturated carbocycles. The fourth-order valence-electron chi connectivity index (χ4n) is 3.81. The van der Waals surface area contributed by atoms with Crippen molar-refractivity contribution in [1.82, 2.24) is 9.21 Å². The molecular weight excluding hydrogens is 368 g/mol. The second kappa shape index (κ2) is 8.36. The number of likely N-dealkylation sites (N-methyl/N-ethyl adjacent to an activating group) is 1. The van der Waals surface area contributed by atoms with E-state index in [1.165, 1.54) is 0 Å². The van der Waals surface area contributed by atoms with Crippen molar-refractivity contribution < 1.29 is 8.42 Å². The molecule has 0 bridgehead atoms. The Hall–Kier alpha value is -1.69.